The molecule has 1 aliphatic heterocycles. The van der Waals surface area contributed by atoms with Gasteiger partial charge in [0.25, 0.3) is 5.91 Å². The molecule has 1 heterocycles. The Bertz CT molecular complexity index is 1330. The quantitative estimate of drug-likeness (QED) is 0.418. The molecule has 176 valence electrons. The molecule has 1 aliphatic rings. The molecular weight excluding hydrogens is 460 g/mol. The van der Waals surface area contributed by atoms with Crippen LogP contribution in [0, 0.1) is 17.2 Å². The lowest BCUT2D eigenvalue weighted by Gasteiger charge is -2.27. The van der Waals surface area contributed by atoms with Gasteiger partial charge in [0, 0.05) is 23.5 Å². The van der Waals surface area contributed by atoms with E-state index in [0.717, 1.165) is 28.1 Å². The van der Waals surface area contributed by atoms with Crippen molar-refractivity contribution in [3.05, 3.63) is 83.4 Å². The monoisotopic (exact) mass is 484 g/mol. The molecule has 0 radical (unpaired) electrons. The summed E-state index contributed by atoms with van der Waals surface area (Å²) in [5, 5.41) is 25.1. The predicted molar refractivity (Wildman–Crippen MR) is 139 cm³/mol. The zero-order valence-corrected chi connectivity index (χ0v) is 20.1. The summed E-state index contributed by atoms with van der Waals surface area (Å²) in [4.78, 5) is 26.2. The fourth-order valence-corrected chi connectivity index (χ4v) is 4.41. The fraction of sp³-hybridized carbons (Fsp3) is 0.185. The number of thiocarbonyl (C=S) groups is 1. The minimum Gasteiger partial charge on any atom is -0.480 e. The first-order chi connectivity index (χ1) is 16.8. The summed E-state index contributed by atoms with van der Waals surface area (Å²) >= 11 is 5.37. The van der Waals surface area contributed by atoms with Crippen LogP contribution in [0.1, 0.15) is 35.3 Å². The van der Waals surface area contributed by atoms with E-state index in [1.807, 2.05) is 56.3 Å². The minimum absolute atomic E-state index is 0.192. The van der Waals surface area contributed by atoms with Gasteiger partial charge < -0.3 is 20.6 Å². The van der Waals surface area contributed by atoms with Gasteiger partial charge in [-0.15, -0.1) is 0 Å². The zero-order valence-electron chi connectivity index (χ0n) is 19.3. The third-order valence-corrected chi connectivity index (χ3v) is 6.11. The van der Waals surface area contributed by atoms with Crippen molar-refractivity contribution in [3.63, 3.8) is 0 Å². The molecule has 0 fully saturated rings. The highest BCUT2D eigenvalue weighted by Gasteiger charge is 2.38. The van der Waals surface area contributed by atoms with Crippen molar-refractivity contribution in [2.45, 2.75) is 26.4 Å². The molecule has 3 aromatic carbocycles. The van der Waals surface area contributed by atoms with Crippen molar-refractivity contribution in [1.82, 2.24) is 4.90 Å². The maximum atomic E-state index is 13.0. The van der Waals surface area contributed by atoms with Crippen LogP contribution in [0.4, 0.5) is 11.4 Å². The van der Waals surface area contributed by atoms with E-state index < -0.39 is 12.0 Å². The highest BCUT2D eigenvalue weighted by atomic mass is 32.1. The molecule has 8 heteroatoms. The van der Waals surface area contributed by atoms with Gasteiger partial charge in [-0.25, -0.2) is 4.79 Å². The minimum atomic E-state index is -0.990. The van der Waals surface area contributed by atoms with Crippen molar-refractivity contribution in [3.8, 4) is 17.2 Å². The molecule has 0 spiro atoms. The number of rotatable bonds is 6. The lowest BCUT2D eigenvalue weighted by molar-refractivity contribution is -0.144. The Kier molecular flexibility index (Phi) is 6.80. The molecule has 0 saturated heterocycles. The average Bonchev–Trinajstić information content (AvgIpc) is 3.15. The van der Waals surface area contributed by atoms with E-state index in [1.54, 1.807) is 24.3 Å². The summed E-state index contributed by atoms with van der Waals surface area (Å²) in [6.07, 6.45) is 0. The topological polar surface area (TPSA) is 105 Å². The number of aliphatic carboxylic acids is 1. The molecule has 1 amide bonds. The van der Waals surface area contributed by atoms with Gasteiger partial charge in [-0.05, 0) is 77.3 Å². The Morgan fingerprint density at radius 1 is 1.00 bits per heavy atom. The number of benzene rings is 3. The van der Waals surface area contributed by atoms with E-state index in [0.29, 0.717) is 22.8 Å². The second kappa shape index (κ2) is 9.95. The van der Waals surface area contributed by atoms with Crippen molar-refractivity contribution in [1.29, 1.82) is 5.26 Å². The number of carbonyl (C=O) groups is 2. The maximum absolute atomic E-state index is 13.0. The van der Waals surface area contributed by atoms with Crippen molar-refractivity contribution in [2.24, 2.45) is 5.92 Å². The first kappa shape index (κ1) is 23.9. The lowest BCUT2D eigenvalue weighted by Crippen LogP contribution is -2.44. The van der Waals surface area contributed by atoms with E-state index in [2.05, 4.69) is 16.7 Å². The smallest absolute Gasteiger partial charge is 0.326 e. The highest BCUT2D eigenvalue weighted by Crippen LogP contribution is 2.31. The van der Waals surface area contributed by atoms with E-state index in [9.17, 15) is 14.7 Å². The number of hydrogen-bond donors (Lipinski definition) is 3. The summed E-state index contributed by atoms with van der Waals surface area (Å²) in [5.41, 5.74) is 5.33. The first-order valence-corrected chi connectivity index (χ1v) is 11.5. The zero-order chi connectivity index (χ0) is 25.1. The number of anilines is 2. The molecule has 35 heavy (non-hydrogen) atoms. The van der Waals surface area contributed by atoms with E-state index in [4.69, 9.17) is 17.5 Å². The van der Waals surface area contributed by atoms with Gasteiger partial charge >= 0.3 is 5.97 Å². The average molecular weight is 485 g/mol. The molecule has 1 unspecified atom stereocenters. The van der Waals surface area contributed by atoms with Crippen LogP contribution >= 0.6 is 12.2 Å². The second-order valence-electron chi connectivity index (χ2n) is 8.68. The van der Waals surface area contributed by atoms with Gasteiger partial charge in [0.1, 0.15) is 6.04 Å². The molecule has 4 rings (SSSR count). The van der Waals surface area contributed by atoms with E-state index in [-0.39, 0.29) is 11.8 Å². The van der Waals surface area contributed by atoms with E-state index in [1.165, 1.54) is 4.90 Å². The number of nitriles is 1. The summed E-state index contributed by atoms with van der Waals surface area (Å²) in [6.45, 7) is 3.92. The van der Waals surface area contributed by atoms with Gasteiger partial charge in [0.2, 0.25) is 0 Å². The summed E-state index contributed by atoms with van der Waals surface area (Å²) < 4.78 is 0. The number of carbonyl (C=O) groups excluding carboxylic acids is 1. The van der Waals surface area contributed by atoms with Gasteiger partial charge in [-0.1, -0.05) is 38.1 Å². The van der Waals surface area contributed by atoms with Crippen LogP contribution in [0.25, 0.3) is 11.1 Å². The van der Waals surface area contributed by atoms with Crippen LogP contribution in [-0.2, 0) is 11.3 Å². The summed E-state index contributed by atoms with van der Waals surface area (Å²) in [7, 11) is 0. The molecular formula is C27H24N4O3S. The largest absolute Gasteiger partial charge is 0.480 e. The predicted octanol–water partition coefficient (Wildman–Crippen LogP) is 5.10. The van der Waals surface area contributed by atoms with Crippen molar-refractivity contribution >= 4 is 40.6 Å². The molecule has 7 nitrogen and oxygen atoms in total. The first-order valence-electron chi connectivity index (χ1n) is 11.1. The number of nitrogens with one attached hydrogen (secondary N) is 2. The molecule has 0 aliphatic carbocycles. The SMILES string of the molecule is CC(C)C(C(=O)O)N1Cc2ccc(-c3ccc(NC(=S)Nc4ccc(C#N)cc4)cc3)cc2C1=O. The van der Waals surface area contributed by atoms with Gasteiger partial charge in [0.05, 0.1) is 11.6 Å². The molecule has 0 saturated carbocycles. The number of hydrogen-bond acceptors (Lipinski definition) is 4. The van der Waals surface area contributed by atoms with Crippen molar-refractivity contribution < 1.29 is 14.7 Å². The van der Waals surface area contributed by atoms with Gasteiger partial charge in [0.15, 0.2) is 5.11 Å². The third kappa shape index (κ3) is 5.15. The Morgan fingerprint density at radius 3 is 2.11 bits per heavy atom. The number of carboxylic acid groups (broad SMARTS) is 1. The fourth-order valence-electron chi connectivity index (χ4n) is 4.17. The van der Waals surface area contributed by atoms with Crippen LogP contribution in [0.15, 0.2) is 66.7 Å². The molecule has 3 N–H and O–H groups in total. The molecule has 3 aromatic rings. The number of fused-ring (bicyclic) bond motifs is 1. The Morgan fingerprint density at radius 2 is 1.57 bits per heavy atom. The Labute approximate surface area is 209 Å². The second-order valence-corrected chi connectivity index (χ2v) is 9.09. The summed E-state index contributed by atoms with van der Waals surface area (Å²) in [5.74, 6) is -1.43. The molecule has 1 atom stereocenters. The molecule has 0 aromatic heterocycles. The van der Waals surface area contributed by atoms with Crippen LogP contribution in [-0.4, -0.2) is 33.0 Å². The van der Waals surface area contributed by atoms with Crippen LogP contribution in [0.3, 0.4) is 0 Å². The standard InChI is InChI=1S/C27H24N4O3S/c1-16(2)24(26(33)34)31-15-20-6-5-19(13-23(20)25(31)32)18-7-11-22(12-8-18)30-27(35)29-21-9-3-17(14-28)4-10-21/h3-13,16,24H,15H2,1-2H3,(H,33,34)(H2,29,30,35). The lowest BCUT2D eigenvalue weighted by atomic mass is 10.00. The normalized spacial score (nSPS) is 13.2. The van der Waals surface area contributed by atoms with E-state index >= 15 is 0 Å². The third-order valence-electron chi connectivity index (χ3n) is 5.91. The van der Waals surface area contributed by atoms with Gasteiger partial charge in [-0.3, -0.25) is 4.79 Å². The van der Waals surface area contributed by atoms with Gasteiger partial charge in [-0.2, -0.15) is 5.26 Å². The molecule has 0 bridgehead atoms. The summed E-state index contributed by atoms with van der Waals surface area (Å²) in [6, 6.07) is 21.5. The van der Waals surface area contributed by atoms with Crippen molar-refractivity contribution in [2.75, 3.05) is 10.6 Å². The number of nitrogens with zero attached hydrogens (tertiary/aromatic N) is 2. The Balaban J connectivity index is 1.45. The Hall–Kier alpha value is -4.22. The maximum Gasteiger partial charge on any atom is 0.326 e. The number of amides is 1. The van der Waals surface area contributed by atoms with Crippen LogP contribution in [0.2, 0.25) is 0 Å². The van der Waals surface area contributed by atoms with Crippen LogP contribution < -0.4 is 10.6 Å². The van der Waals surface area contributed by atoms with Crippen LogP contribution in [0.5, 0.6) is 0 Å². The number of carboxylic acids is 1. The highest BCUT2D eigenvalue weighted by molar-refractivity contribution is 7.80.